The Bertz CT molecular complexity index is 1190. The van der Waals surface area contributed by atoms with Crippen LogP contribution in [0.15, 0.2) is 54.6 Å². The highest BCUT2D eigenvalue weighted by molar-refractivity contribution is 5.70. The fourth-order valence-electron chi connectivity index (χ4n) is 3.20. The van der Waals surface area contributed by atoms with Gasteiger partial charge in [-0.05, 0) is 53.6 Å². The van der Waals surface area contributed by atoms with Crippen molar-refractivity contribution in [2.45, 2.75) is 20.4 Å². The first-order valence-electron chi connectivity index (χ1n) is 10.0. The lowest BCUT2D eigenvalue weighted by Crippen LogP contribution is -2.42. The second-order valence-corrected chi connectivity index (χ2v) is 7.68. The summed E-state index contributed by atoms with van der Waals surface area (Å²) in [5.74, 6) is -0.549. The molecule has 0 bridgehead atoms. The number of nitrogens with two attached hydrogens (primary N) is 1. The molecular formula is C26H24F2N3+. The number of nitriles is 1. The van der Waals surface area contributed by atoms with Crippen LogP contribution in [-0.2, 0) is 6.54 Å². The maximum Gasteiger partial charge on any atom is 0.205 e. The molecule has 5 heteroatoms. The van der Waals surface area contributed by atoms with Crippen molar-refractivity contribution in [2.75, 3.05) is 5.73 Å². The minimum atomic E-state index is -0.525. The van der Waals surface area contributed by atoms with Crippen LogP contribution in [0.3, 0.4) is 0 Å². The zero-order valence-electron chi connectivity index (χ0n) is 17.5. The Morgan fingerprint density at radius 3 is 2.03 bits per heavy atom. The van der Waals surface area contributed by atoms with Gasteiger partial charge in [-0.25, -0.2) is 8.78 Å². The zero-order valence-corrected chi connectivity index (χ0v) is 17.5. The number of anilines is 1. The quantitative estimate of drug-likeness (QED) is 0.414. The van der Waals surface area contributed by atoms with Gasteiger partial charge in [0.2, 0.25) is 11.4 Å². The Kier molecular flexibility index (Phi) is 6.94. The minimum absolute atomic E-state index is 0.0208. The maximum atomic E-state index is 13.6. The van der Waals surface area contributed by atoms with Crippen LogP contribution in [0.4, 0.5) is 14.5 Å². The smallest absolute Gasteiger partial charge is 0.205 e. The average molecular weight is 416 g/mol. The molecule has 0 aliphatic heterocycles. The van der Waals surface area contributed by atoms with E-state index in [0.29, 0.717) is 5.92 Å². The highest BCUT2D eigenvalue weighted by Gasteiger charge is 2.15. The molecule has 0 atom stereocenters. The van der Waals surface area contributed by atoms with E-state index in [1.165, 1.54) is 18.2 Å². The molecule has 0 saturated heterocycles. The number of pyridine rings is 1. The Labute approximate surface area is 181 Å². The van der Waals surface area contributed by atoms with Gasteiger partial charge >= 0.3 is 0 Å². The van der Waals surface area contributed by atoms with Gasteiger partial charge in [0.25, 0.3) is 0 Å². The summed E-state index contributed by atoms with van der Waals surface area (Å²) in [5, 5.41) is 9.04. The van der Waals surface area contributed by atoms with Crippen LogP contribution in [-0.4, -0.2) is 0 Å². The normalized spacial score (nSPS) is 11.5. The molecule has 0 spiro atoms. The zero-order chi connectivity index (χ0) is 22.4. The number of aromatic nitrogens is 1. The lowest BCUT2D eigenvalue weighted by atomic mass is 10.1. The molecule has 0 radical (unpaired) electrons. The molecular weight excluding hydrogens is 392 g/mol. The number of hydrogen-bond acceptors (Lipinski definition) is 2. The standard InChI is InChI=1S/C26H24F2N3/c1-18(2)17-31-22(10-6-19-8-12-24(27)21(14-19)16-29)4-3-5-23(31)11-7-20-9-13-25(28)26(30)15-20/h3-15,18H,17,30H2,1-2H3/q+1/b10-6+,11-7+. The summed E-state index contributed by atoms with van der Waals surface area (Å²) in [6.07, 6.45) is 7.68. The van der Waals surface area contributed by atoms with Crippen molar-refractivity contribution in [2.24, 2.45) is 5.92 Å². The van der Waals surface area contributed by atoms with Crippen LogP contribution in [0.2, 0.25) is 0 Å². The van der Waals surface area contributed by atoms with Crippen molar-refractivity contribution >= 4 is 30.0 Å². The minimum Gasteiger partial charge on any atom is -0.396 e. The molecule has 0 unspecified atom stereocenters. The first-order valence-corrected chi connectivity index (χ1v) is 10.0. The number of benzene rings is 2. The predicted octanol–water partition coefficient (Wildman–Crippen LogP) is 5.70. The topological polar surface area (TPSA) is 53.7 Å². The van der Waals surface area contributed by atoms with Crippen LogP contribution < -0.4 is 10.3 Å². The monoisotopic (exact) mass is 416 g/mol. The molecule has 2 aromatic carbocycles. The van der Waals surface area contributed by atoms with Crippen LogP contribution in [0.25, 0.3) is 24.3 Å². The predicted molar refractivity (Wildman–Crippen MR) is 121 cm³/mol. The third-order valence-corrected chi connectivity index (χ3v) is 4.73. The molecule has 0 aliphatic rings. The number of nitrogens with zero attached hydrogens (tertiary/aromatic N) is 2. The van der Waals surface area contributed by atoms with E-state index in [9.17, 15) is 8.78 Å². The van der Waals surface area contributed by atoms with Crippen molar-refractivity contribution in [1.82, 2.24) is 0 Å². The Hall–Kier alpha value is -3.78. The van der Waals surface area contributed by atoms with E-state index in [0.717, 1.165) is 29.1 Å². The van der Waals surface area contributed by atoms with Gasteiger partial charge in [0.05, 0.1) is 11.3 Å². The highest BCUT2D eigenvalue weighted by Crippen LogP contribution is 2.16. The van der Waals surface area contributed by atoms with Gasteiger partial charge in [0.15, 0.2) is 6.54 Å². The van der Waals surface area contributed by atoms with E-state index in [-0.39, 0.29) is 11.3 Å². The fraction of sp³-hybridized carbons (Fsp3) is 0.154. The Morgan fingerprint density at radius 1 is 0.903 bits per heavy atom. The summed E-state index contributed by atoms with van der Waals surface area (Å²) in [6, 6.07) is 16.9. The van der Waals surface area contributed by atoms with E-state index in [4.69, 9.17) is 11.0 Å². The lowest BCUT2D eigenvalue weighted by Gasteiger charge is -2.07. The summed E-state index contributed by atoms with van der Waals surface area (Å²) in [4.78, 5) is 0. The molecule has 1 heterocycles. The number of hydrogen-bond donors (Lipinski definition) is 1. The molecule has 156 valence electrons. The van der Waals surface area contributed by atoms with Crippen molar-refractivity contribution in [3.8, 4) is 6.07 Å². The van der Waals surface area contributed by atoms with Gasteiger partial charge in [-0.1, -0.05) is 26.0 Å². The van der Waals surface area contributed by atoms with Gasteiger partial charge in [-0.3, -0.25) is 0 Å². The van der Waals surface area contributed by atoms with Gasteiger partial charge < -0.3 is 5.73 Å². The lowest BCUT2D eigenvalue weighted by molar-refractivity contribution is -0.705. The molecule has 3 nitrogen and oxygen atoms in total. The molecule has 3 rings (SSSR count). The van der Waals surface area contributed by atoms with Crippen LogP contribution in [0, 0.1) is 28.9 Å². The number of nitrogen functional groups attached to an aromatic ring is 1. The molecule has 0 fully saturated rings. The molecule has 0 saturated carbocycles. The van der Waals surface area contributed by atoms with Crippen molar-refractivity contribution in [3.63, 3.8) is 0 Å². The first-order chi connectivity index (χ1) is 14.9. The highest BCUT2D eigenvalue weighted by atomic mass is 19.1. The van der Waals surface area contributed by atoms with Crippen LogP contribution in [0.5, 0.6) is 0 Å². The SMILES string of the molecule is CC(C)C[n+]1c(/C=C/c2ccc(F)c(N)c2)cccc1/C=C/c1ccc(F)c(C#N)c1. The third kappa shape index (κ3) is 5.64. The molecule has 31 heavy (non-hydrogen) atoms. The second-order valence-electron chi connectivity index (χ2n) is 7.68. The molecule has 0 amide bonds. The van der Waals surface area contributed by atoms with E-state index in [1.54, 1.807) is 18.2 Å². The van der Waals surface area contributed by atoms with Gasteiger partial charge in [-0.15, -0.1) is 0 Å². The van der Waals surface area contributed by atoms with Gasteiger partial charge in [0.1, 0.15) is 17.7 Å². The number of rotatable bonds is 6. The molecule has 0 aliphatic carbocycles. The average Bonchev–Trinajstić information content (AvgIpc) is 2.74. The van der Waals surface area contributed by atoms with E-state index in [2.05, 4.69) is 18.4 Å². The second kappa shape index (κ2) is 9.82. The van der Waals surface area contributed by atoms with Crippen LogP contribution >= 0.6 is 0 Å². The molecule has 3 aromatic rings. The summed E-state index contributed by atoms with van der Waals surface area (Å²) < 4.78 is 29.2. The largest absolute Gasteiger partial charge is 0.396 e. The summed E-state index contributed by atoms with van der Waals surface area (Å²) in [5.41, 5.74) is 9.31. The summed E-state index contributed by atoms with van der Waals surface area (Å²) in [6.45, 7) is 5.07. The van der Waals surface area contributed by atoms with E-state index >= 15 is 0 Å². The van der Waals surface area contributed by atoms with E-state index < -0.39 is 11.6 Å². The van der Waals surface area contributed by atoms with Gasteiger partial charge in [0, 0.05) is 30.2 Å². The van der Waals surface area contributed by atoms with Crippen molar-refractivity contribution in [3.05, 3.63) is 94.3 Å². The third-order valence-electron chi connectivity index (χ3n) is 4.73. The van der Waals surface area contributed by atoms with E-state index in [1.807, 2.05) is 48.6 Å². The van der Waals surface area contributed by atoms with Crippen molar-refractivity contribution < 1.29 is 13.3 Å². The molecule has 1 aromatic heterocycles. The Balaban J connectivity index is 1.96. The van der Waals surface area contributed by atoms with Crippen molar-refractivity contribution in [1.29, 1.82) is 5.26 Å². The van der Waals surface area contributed by atoms with Gasteiger partial charge in [-0.2, -0.15) is 9.83 Å². The van der Waals surface area contributed by atoms with Crippen LogP contribution in [0.1, 0.15) is 41.9 Å². The Morgan fingerprint density at radius 2 is 1.48 bits per heavy atom. The summed E-state index contributed by atoms with van der Waals surface area (Å²) >= 11 is 0. The fourth-order valence-corrected chi connectivity index (χ4v) is 3.20. The first kappa shape index (κ1) is 21.9. The maximum absolute atomic E-state index is 13.6. The molecule has 2 N–H and O–H groups in total. The number of halogens is 2. The summed E-state index contributed by atoms with van der Waals surface area (Å²) in [7, 11) is 0.